The molecule has 3 heteroatoms. The molecule has 28 heavy (non-hydrogen) atoms. The smallest absolute Gasteiger partial charge is 0.217 e. The van der Waals surface area contributed by atoms with Gasteiger partial charge in [0, 0.05) is 17.5 Å². The summed E-state index contributed by atoms with van der Waals surface area (Å²) < 4.78 is 0. The van der Waals surface area contributed by atoms with Crippen LogP contribution in [0.3, 0.4) is 0 Å². The maximum absolute atomic E-state index is 13.1. The summed E-state index contributed by atoms with van der Waals surface area (Å²) >= 11 is 0. The number of nitrogens with one attached hydrogen (secondary N) is 1. The highest BCUT2D eigenvalue weighted by Crippen LogP contribution is 2.37. The predicted molar refractivity (Wildman–Crippen MR) is 111 cm³/mol. The van der Waals surface area contributed by atoms with E-state index in [-0.39, 0.29) is 18.1 Å². The normalized spacial score (nSPS) is 14.1. The lowest BCUT2D eigenvalue weighted by atomic mass is 9.71. The number of carbonyl (C=O) groups is 1. The summed E-state index contributed by atoms with van der Waals surface area (Å²) in [5, 5.41) is 10.4. The highest BCUT2D eigenvalue weighted by atomic mass is 16.1. The molecular formula is C25H25N2O+. The van der Waals surface area contributed by atoms with Crippen LogP contribution in [0.5, 0.6) is 0 Å². The lowest BCUT2D eigenvalue weighted by molar-refractivity contribution is -0.916. The van der Waals surface area contributed by atoms with Gasteiger partial charge in [0.25, 0.3) is 0 Å². The SMILES string of the molecule is C[NH+](C)[C@@](C#N)(c1ccccc1)[C@@H](CC(=O)c1ccccc1)c1ccccc1. The minimum atomic E-state index is -0.882. The van der Waals surface area contributed by atoms with Crippen molar-refractivity contribution in [2.75, 3.05) is 14.1 Å². The zero-order valence-electron chi connectivity index (χ0n) is 16.3. The lowest BCUT2D eigenvalue weighted by Crippen LogP contribution is -3.14. The van der Waals surface area contributed by atoms with Crippen LogP contribution in [-0.2, 0) is 5.54 Å². The van der Waals surface area contributed by atoms with E-state index >= 15 is 0 Å². The molecule has 0 saturated heterocycles. The van der Waals surface area contributed by atoms with Gasteiger partial charge in [0.2, 0.25) is 5.54 Å². The summed E-state index contributed by atoms with van der Waals surface area (Å²) in [5.74, 6) is -0.231. The number of ketones is 1. The van der Waals surface area contributed by atoms with Crippen molar-refractivity contribution in [3.05, 3.63) is 108 Å². The third kappa shape index (κ3) is 3.74. The monoisotopic (exact) mass is 369 g/mol. The summed E-state index contributed by atoms with van der Waals surface area (Å²) in [4.78, 5) is 14.1. The Hall–Kier alpha value is -3.22. The molecule has 0 saturated carbocycles. The standard InChI is InChI=1S/C25H24N2O/c1-27(2)25(19-26,22-16-10-5-11-17-22)23(20-12-6-3-7-13-20)18-24(28)21-14-8-4-9-15-21/h3-17,23H,18H2,1-2H3/p+1/t23-,25-/m0/s1. The molecule has 140 valence electrons. The topological polar surface area (TPSA) is 45.3 Å². The average molecular weight is 369 g/mol. The maximum Gasteiger partial charge on any atom is 0.217 e. The van der Waals surface area contributed by atoms with E-state index in [1.54, 1.807) is 0 Å². The van der Waals surface area contributed by atoms with Gasteiger partial charge in [0.15, 0.2) is 5.78 Å². The van der Waals surface area contributed by atoms with Crippen molar-refractivity contribution in [3.63, 3.8) is 0 Å². The van der Waals surface area contributed by atoms with Crippen LogP contribution < -0.4 is 4.90 Å². The van der Waals surface area contributed by atoms with Crippen molar-refractivity contribution < 1.29 is 9.69 Å². The van der Waals surface area contributed by atoms with Gasteiger partial charge < -0.3 is 4.90 Å². The van der Waals surface area contributed by atoms with Crippen LogP contribution in [0, 0.1) is 11.3 Å². The summed E-state index contributed by atoms with van der Waals surface area (Å²) in [7, 11) is 3.97. The first-order chi connectivity index (χ1) is 13.6. The molecule has 0 aliphatic rings. The number of nitriles is 1. The fourth-order valence-electron chi connectivity index (χ4n) is 3.93. The van der Waals surface area contributed by atoms with Crippen molar-refractivity contribution in [2.45, 2.75) is 17.9 Å². The molecule has 0 fully saturated rings. The zero-order valence-corrected chi connectivity index (χ0v) is 16.3. The van der Waals surface area contributed by atoms with E-state index in [4.69, 9.17) is 0 Å². The molecule has 3 aromatic carbocycles. The fourth-order valence-corrected chi connectivity index (χ4v) is 3.93. The van der Waals surface area contributed by atoms with Crippen LogP contribution >= 0.6 is 0 Å². The van der Waals surface area contributed by atoms with E-state index in [1.807, 2.05) is 105 Å². The number of nitrogens with zero attached hydrogens (tertiary/aromatic N) is 1. The Bertz CT molecular complexity index is 946. The van der Waals surface area contributed by atoms with Crippen LogP contribution in [0.15, 0.2) is 91.0 Å². The van der Waals surface area contributed by atoms with E-state index in [9.17, 15) is 10.1 Å². The van der Waals surface area contributed by atoms with Crippen LogP contribution in [0.25, 0.3) is 0 Å². The van der Waals surface area contributed by atoms with Crippen LogP contribution in [0.4, 0.5) is 0 Å². The molecule has 3 nitrogen and oxygen atoms in total. The van der Waals surface area contributed by atoms with E-state index in [2.05, 4.69) is 6.07 Å². The number of carbonyl (C=O) groups excluding carboxylic acids is 1. The highest BCUT2D eigenvalue weighted by molar-refractivity contribution is 5.96. The Kier molecular flexibility index (Phi) is 6.03. The Balaban J connectivity index is 2.14. The number of likely N-dealkylation sites (N-methyl/N-ethyl adjacent to an activating group) is 1. The first-order valence-corrected chi connectivity index (χ1v) is 9.50. The van der Waals surface area contributed by atoms with Crippen LogP contribution in [0.1, 0.15) is 33.8 Å². The summed E-state index contributed by atoms with van der Waals surface area (Å²) in [6.07, 6.45) is 0.266. The lowest BCUT2D eigenvalue weighted by Gasteiger charge is -2.37. The van der Waals surface area contributed by atoms with Gasteiger partial charge in [0.1, 0.15) is 6.07 Å². The number of benzene rings is 3. The number of quaternary nitrogens is 1. The molecule has 0 aromatic heterocycles. The van der Waals surface area contributed by atoms with Gasteiger partial charge in [-0.2, -0.15) is 5.26 Å². The molecular weight excluding hydrogens is 344 g/mol. The van der Waals surface area contributed by atoms with Gasteiger partial charge in [-0.05, 0) is 5.56 Å². The van der Waals surface area contributed by atoms with Gasteiger partial charge in [-0.25, -0.2) is 0 Å². The quantitative estimate of drug-likeness (QED) is 0.647. The van der Waals surface area contributed by atoms with E-state index in [1.165, 1.54) is 0 Å². The summed E-state index contributed by atoms with van der Waals surface area (Å²) in [6.45, 7) is 0. The number of hydrogen-bond acceptors (Lipinski definition) is 2. The largest absolute Gasteiger partial charge is 0.319 e. The minimum Gasteiger partial charge on any atom is -0.319 e. The van der Waals surface area contributed by atoms with Crippen LogP contribution in [0.2, 0.25) is 0 Å². The van der Waals surface area contributed by atoms with Crippen LogP contribution in [-0.4, -0.2) is 19.9 Å². The first kappa shape index (κ1) is 19.5. The molecule has 1 N–H and O–H groups in total. The fraction of sp³-hybridized carbons (Fsp3) is 0.200. The second-order valence-electron chi connectivity index (χ2n) is 7.24. The number of Topliss-reactive ketones (excluding diaryl/α,β-unsaturated/α-hetero) is 1. The molecule has 3 aromatic rings. The maximum atomic E-state index is 13.1. The van der Waals surface area contributed by atoms with Crippen molar-refractivity contribution in [1.82, 2.24) is 0 Å². The van der Waals surface area contributed by atoms with Gasteiger partial charge in [-0.15, -0.1) is 0 Å². The zero-order chi connectivity index (χ0) is 20.0. The molecule has 0 aliphatic heterocycles. The van der Waals surface area contributed by atoms with Crippen molar-refractivity contribution in [1.29, 1.82) is 5.26 Å². The minimum absolute atomic E-state index is 0.0475. The highest BCUT2D eigenvalue weighted by Gasteiger charge is 2.48. The molecule has 0 amide bonds. The molecule has 0 radical (unpaired) electrons. The molecule has 0 spiro atoms. The second kappa shape index (κ2) is 8.65. The van der Waals surface area contributed by atoms with Gasteiger partial charge in [0.05, 0.1) is 20.0 Å². The van der Waals surface area contributed by atoms with Gasteiger partial charge in [-0.3, -0.25) is 4.79 Å². The summed E-state index contributed by atoms with van der Waals surface area (Å²) in [5.41, 5.74) is 1.72. The van der Waals surface area contributed by atoms with Crippen molar-refractivity contribution in [2.24, 2.45) is 0 Å². The average Bonchev–Trinajstić information content (AvgIpc) is 2.75. The number of rotatable bonds is 7. The Morgan fingerprint density at radius 2 is 1.39 bits per heavy atom. The van der Waals surface area contributed by atoms with Crippen molar-refractivity contribution >= 4 is 5.78 Å². The Labute approximate surface area is 166 Å². The Morgan fingerprint density at radius 3 is 1.89 bits per heavy atom. The second-order valence-corrected chi connectivity index (χ2v) is 7.24. The third-order valence-electron chi connectivity index (χ3n) is 5.40. The molecule has 3 rings (SSSR count). The van der Waals surface area contributed by atoms with Gasteiger partial charge >= 0.3 is 0 Å². The van der Waals surface area contributed by atoms with E-state index in [0.29, 0.717) is 5.56 Å². The predicted octanol–water partition coefficient (Wildman–Crippen LogP) is 3.61. The molecule has 0 unspecified atom stereocenters. The number of hydrogen-bond donors (Lipinski definition) is 1. The van der Waals surface area contributed by atoms with E-state index in [0.717, 1.165) is 16.0 Å². The van der Waals surface area contributed by atoms with E-state index < -0.39 is 5.54 Å². The van der Waals surface area contributed by atoms with Crippen molar-refractivity contribution in [3.8, 4) is 6.07 Å². The molecule has 0 bridgehead atoms. The summed E-state index contributed by atoms with van der Waals surface area (Å²) in [6, 6.07) is 31.7. The third-order valence-corrected chi connectivity index (χ3v) is 5.40. The Morgan fingerprint density at radius 1 is 0.893 bits per heavy atom. The first-order valence-electron chi connectivity index (χ1n) is 9.50. The molecule has 0 heterocycles. The molecule has 2 atom stereocenters. The van der Waals surface area contributed by atoms with Gasteiger partial charge in [-0.1, -0.05) is 91.0 Å². The molecule has 0 aliphatic carbocycles.